The van der Waals surface area contributed by atoms with Crippen molar-refractivity contribution in [1.29, 1.82) is 0 Å². The van der Waals surface area contributed by atoms with E-state index >= 15 is 0 Å². The van der Waals surface area contributed by atoms with Crippen molar-refractivity contribution in [2.45, 2.75) is 58.1 Å². The van der Waals surface area contributed by atoms with Crippen molar-refractivity contribution in [3.8, 4) is 0 Å². The Morgan fingerprint density at radius 2 is 2.29 bits per heavy atom. The molecule has 1 fully saturated rings. The van der Waals surface area contributed by atoms with Gasteiger partial charge >= 0.3 is 5.97 Å². The molecule has 17 heavy (non-hydrogen) atoms. The molecule has 1 N–H and O–H groups in total. The molecule has 4 heteroatoms. The fourth-order valence-corrected chi connectivity index (χ4v) is 2.12. The van der Waals surface area contributed by atoms with Crippen molar-refractivity contribution < 1.29 is 14.3 Å². The quantitative estimate of drug-likeness (QED) is 0.548. The first kappa shape index (κ1) is 14.5. The number of esters is 1. The lowest BCUT2D eigenvalue weighted by Crippen LogP contribution is -2.39. The minimum absolute atomic E-state index is 0.0901. The second kappa shape index (κ2) is 8.48. The summed E-state index contributed by atoms with van der Waals surface area (Å²) in [5.41, 5.74) is 0. The average molecular weight is 243 g/mol. The summed E-state index contributed by atoms with van der Waals surface area (Å²) in [5, 5.41) is 3.50. The number of hydrogen-bond donors (Lipinski definition) is 1. The third kappa shape index (κ3) is 6.03. The number of carbonyl (C=O) groups is 1. The fourth-order valence-electron chi connectivity index (χ4n) is 2.12. The van der Waals surface area contributed by atoms with Crippen LogP contribution < -0.4 is 5.32 Å². The maximum atomic E-state index is 11.1. The van der Waals surface area contributed by atoms with E-state index in [1.54, 1.807) is 0 Å². The smallest absolute Gasteiger partial charge is 0.305 e. The van der Waals surface area contributed by atoms with Crippen LogP contribution in [0, 0.1) is 0 Å². The van der Waals surface area contributed by atoms with Crippen LogP contribution in [0.1, 0.15) is 46.0 Å². The van der Waals surface area contributed by atoms with Gasteiger partial charge < -0.3 is 14.8 Å². The molecule has 0 amide bonds. The Balaban J connectivity index is 2.04. The Labute approximate surface area is 104 Å². The Hall–Kier alpha value is -0.610. The van der Waals surface area contributed by atoms with E-state index in [4.69, 9.17) is 9.47 Å². The topological polar surface area (TPSA) is 47.6 Å². The largest absolute Gasteiger partial charge is 0.466 e. The van der Waals surface area contributed by atoms with Crippen molar-refractivity contribution in [3.63, 3.8) is 0 Å². The summed E-state index contributed by atoms with van der Waals surface area (Å²) in [4.78, 5) is 11.1. The highest BCUT2D eigenvalue weighted by molar-refractivity contribution is 5.69. The van der Waals surface area contributed by atoms with Gasteiger partial charge in [0.15, 0.2) is 0 Å². The van der Waals surface area contributed by atoms with Crippen LogP contribution in [-0.2, 0) is 14.3 Å². The predicted molar refractivity (Wildman–Crippen MR) is 66.9 cm³/mol. The molecule has 0 aliphatic carbocycles. The second-order valence-electron chi connectivity index (χ2n) is 4.49. The van der Waals surface area contributed by atoms with Crippen LogP contribution in [0.3, 0.4) is 0 Å². The standard InChI is InChI=1S/C13H25NO3/c1-3-12-10-11(7-9-17-12)14-8-5-6-13(15)16-4-2/h11-12,14H,3-10H2,1-2H3. The van der Waals surface area contributed by atoms with Crippen molar-refractivity contribution in [1.82, 2.24) is 5.32 Å². The van der Waals surface area contributed by atoms with E-state index < -0.39 is 0 Å². The van der Waals surface area contributed by atoms with Crippen molar-refractivity contribution in [2.75, 3.05) is 19.8 Å². The van der Waals surface area contributed by atoms with E-state index in [1.165, 1.54) is 0 Å². The molecule has 0 saturated carbocycles. The summed E-state index contributed by atoms with van der Waals surface area (Å²) in [6, 6.07) is 0.552. The molecule has 0 aromatic heterocycles. The number of carbonyl (C=O) groups excluding carboxylic acids is 1. The zero-order valence-electron chi connectivity index (χ0n) is 11.0. The molecule has 100 valence electrons. The molecule has 0 aromatic rings. The van der Waals surface area contributed by atoms with Gasteiger partial charge in [0.05, 0.1) is 12.7 Å². The lowest BCUT2D eigenvalue weighted by molar-refractivity contribution is -0.143. The van der Waals surface area contributed by atoms with E-state index in [0.29, 0.717) is 25.2 Å². The van der Waals surface area contributed by atoms with Crippen LogP contribution in [-0.4, -0.2) is 37.9 Å². The number of nitrogens with one attached hydrogen (secondary N) is 1. The highest BCUT2D eigenvalue weighted by Gasteiger charge is 2.20. The summed E-state index contributed by atoms with van der Waals surface area (Å²) < 4.78 is 10.5. The normalized spacial score (nSPS) is 24.6. The molecule has 1 heterocycles. The molecule has 2 atom stereocenters. The molecule has 1 aliphatic rings. The van der Waals surface area contributed by atoms with E-state index in [-0.39, 0.29) is 5.97 Å². The Bertz CT molecular complexity index is 221. The molecule has 4 nitrogen and oxygen atoms in total. The third-order valence-corrected chi connectivity index (χ3v) is 3.12. The molecule has 1 rings (SSSR count). The minimum atomic E-state index is -0.0901. The van der Waals surface area contributed by atoms with E-state index in [0.717, 1.165) is 38.8 Å². The maximum absolute atomic E-state index is 11.1. The van der Waals surface area contributed by atoms with Crippen LogP contribution in [0.2, 0.25) is 0 Å². The predicted octanol–water partition coefficient (Wildman–Crippen LogP) is 1.88. The molecule has 1 aliphatic heterocycles. The van der Waals surface area contributed by atoms with Crippen LogP contribution in [0.25, 0.3) is 0 Å². The van der Waals surface area contributed by atoms with Gasteiger partial charge in [-0.2, -0.15) is 0 Å². The van der Waals surface area contributed by atoms with Crippen molar-refractivity contribution in [2.24, 2.45) is 0 Å². The van der Waals surface area contributed by atoms with Gasteiger partial charge in [0.2, 0.25) is 0 Å². The van der Waals surface area contributed by atoms with Crippen LogP contribution in [0.5, 0.6) is 0 Å². The van der Waals surface area contributed by atoms with Crippen molar-refractivity contribution >= 4 is 5.97 Å². The number of rotatable bonds is 7. The van der Waals surface area contributed by atoms with Gasteiger partial charge in [-0.25, -0.2) is 0 Å². The van der Waals surface area contributed by atoms with Crippen molar-refractivity contribution in [3.05, 3.63) is 0 Å². The van der Waals surface area contributed by atoms with Gasteiger partial charge in [0, 0.05) is 19.1 Å². The first-order valence-electron chi connectivity index (χ1n) is 6.76. The van der Waals surface area contributed by atoms with Gasteiger partial charge in [-0.1, -0.05) is 6.92 Å². The number of ether oxygens (including phenoxy) is 2. The highest BCUT2D eigenvalue weighted by Crippen LogP contribution is 2.16. The molecule has 0 bridgehead atoms. The summed E-state index contributed by atoms with van der Waals surface area (Å²) in [5.74, 6) is -0.0901. The third-order valence-electron chi connectivity index (χ3n) is 3.12. The second-order valence-corrected chi connectivity index (χ2v) is 4.49. The van der Waals surface area contributed by atoms with E-state index in [9.17, 15) is 4.79 Å². The van der Waals surface area contributed by atoms with Crippen LogP contribution in [0.15, 0.2) is 0 Å². The molecule has 0 radical (unpaired) electrons. The summed E-state index contributed by atoms with van der Waals surface area (Å²) in [7, 11) is 0. The zero-order chi connectivity index (χ0) is 12.5. The lowest BCUT2D eigenvalue weighted by Gasteiger charge is -2.29. The zero-order valence-corrected chi connectivity index (χ0v) is 11.0. The minimum Gasteiger partial charge on any atom is -0.466 e. The Morgan fingerprint density at radius 3 is 3.00 bits per heavy atom. The van der Waals surface area contributed by atoms with E-state index in [1.807, 2.05) is 6.92 Å². The fraction of sp³-hybridized carbons (Fsp3) is 0.923. The molecule has 0 spiro atoms. The first-order valence-corrected chi connectivity index (χ1v) is 6.76. The first-order chi connectivity index (χ1) is 8.26. The SMILES string of the molecule is CCOC(=O)CCCNC1CCOC(CC)C1. The molecule has 2 unspecified atom stereocenters. The Kier molecular flexibility index (Phi) is 7.21. The summed E-state index contributed by atoms with van der Waals surface area (Å²) in [6.45, 7) is 6.22. The molecular weight excluding hydrogens is 218 g/mol. The van der Waals surface area contributed by atoms with Gasteiger partial charge in [-0.05, 0) is 39.2 Å². The Morgan fingerprint density at radius 1 is 1.47 bits per heavy atom. The lowest BCUT2D eigenvalue weighted by atomic mass is 10.0. The average Bonchev–Trinajstić information content (AvgIpc) is 2.35. The number of hydrogen-bond acceptors (Lipinski definition) is 4. The van der Waals surface area contributed by atoms with Gasteiger partial charge in [-0.15, -0.1) is 0 Å². The molecule has 0 aromatic carbocycles. The van der Waals surface area contributed by atoms with E-state index in [2.05, 4.69) is 12.2 Å². The maximum Gasteiger partial charge on any atom is 0.305 e. The van der Waals surface area contributed by atoms with Gasteiger partial charge in [0.25, 0.3) is 0 Å². The summed E-state index contributed by atoms with van der Waals surface area (Å²) in [6.07, 6.45) is 5.03. The summed E-state index contributed by atoms with van der Waals surface area (Å²) >= 11 is 0. The van der Waals surface area contributed by atoms with Crippen LogP contribution >= 0.6 is 0 Å². The molecular formula is C13H25NO3. The van der Waals surface area contributed by atoms with Gasteiger partial charge in [-0.3, -0.25) is 4.79 Å². The van der Waals surface area contributed by atoms with Gasteiger partial charge in [0.1, 0.15) is 0 Å². The highest BCUT2D eigenvalue weighted by atomic mass is 16.5. The monoisotopic (exact) mass is 243 g/mol. The van der Waals surface area contributed by atoms with Crippen LogP contribution in [0.4, 0.5) is 0 Å². The molecule has 1 saturated heterocycles.